The zero-order valence-corrected chi connectivity index (χ0v) is 12.9. The van der Waals surface area contributed by atoms with Crippen LogP contribution in [0.25, 0.3) is 10.9 Å². The smallest absolute Gasteiger partial charge is 0.332 e. The zero-order chi connectivity index (χ0) is 16.3. The Hall–Kier alpha value is -3.08. The highest BCUT2D eigenvalue weighted by Gasteiger charge is 2.49. The number of para-hydroxylation sites is 2. The van der Waals surface area contributed by atoms with E-state index in [4.69, 9.17) is 0 Å². The van der Waals surface area contributed by atoms with E-state index in [9.17, 15) is 9.59 Å². The molecule has 0 saturated carbocycles. The summed E-state index contributed by atoms with van der Waals surface area (Å²) in [6.45, 7) is 0.563. The molecule has 0 radical (unpaired) electrons. The zero-order valence-electron chi connectivity index (χ0n) is 12.9. The number of amides is 3. The molecule has 3 amide bonds. The molecule has 0 aliphatic carbocycles. The lowest BCUT2D eigenvalue weighted by Crippen LogP contribution is -2.36. The molecule has 0 bridgehead atoms. The van der Waals surface area contributed by atoms with Crippen LogP contribution in [-0.4, -0.2) is 28.4 Å². The van der Waals surface area contributed by atoms with Gasteiger partial charge in [-0.25, -0.2) is 9.69 Å². The van der Waals surface area contributed by atoms with Gasteiger partial charge >= 0.3 is 6.03 Å². The van der Waals surface area contributed by atoms with Gasteiger partial charge < -0.3 is 9.88 Å². The van der Waals surface area contributed by atoms with Crippen molar-refractivity contribution >= 4 is 28.5 Å². The van der Waals surface area contributed by atoms with Crippen molar-refractivity contribution in [2.75, 3.05) is 11.4 Å². The van der Waals surface area contributed by atoms with Crippen molar-refractivity contribution in [3.05, 3.63) is 65.9 Å². The Morgan fingerprint density at radius 2 is 1.71 bits per heavy atom. The van der Waals surface area contributed by atoms with Crippen molar-refractivity contribution < 1.29 is 9.59 Å². The van der Waals surface area contributed by atoms with Crippen LogP contribution in [0.2, 0.25) is 0 Å². The third-order valence-electron chi connectivity index (χ3n) is 4.94. The summed E-state index contributed by atoms with van der Waals surface area (Å²) in [5, 5.41) is 1.14. The Balaban J connectivity index is 1.66. The van der Waals surface area contributed by atoms with E-state index in [0.29, 0.717) is 12.2 Å². The van der Waals surface area contributed by atoms with Gasteiger partial charge in [-0.3, -0.25) is 4.79 Å². The molecule has 1 saturated heterocycles. The number of hydrogen-bond acceptors (Lipinski definition) is 2. The molecule has 118 valence electrons. The second-order valence-electron chi connectivity index (χ2n) is 6.20. The molecular formula is C19H15N3O2. The maximum absolute atomic E-state index is 13.0. The highest BCUT2D eigenvalue weighted by molar-refractivity contribution is 6.21. The monoisotopic (exact) mass is 317 g/mol. The second kappa shape index (κ2) is 4.71. The van der Waals surface area contributed by atoms with Crippen LogP contribution in [0.1, 0.15) is 17.3 Å². The number of benzene rings is 2. The quantitative estimate of drug-likeness (QED) is 0.701. The minimum Gasteiger partial charge on any atom is -0.356 e. The molecule has 2 aromatic carbocycles. The first kappa shape index (κ1) is 13.4. The number of rotatable bonds is 1. The number of carbonyl (C=O) groups is 2. The van der Waals surface area contributed by atoms with Crippen molar-refractivity contribution in [3.63, 3.8) is 0 Å². The number of aromatic amines is 1. The summed E-state index contributed by atoms with van der Waals surface area (Å²) in [7, 11) is 0. The van der Waals surface area contributed by atoms with Crippen molar-refractivity contribution in [2.24, 2.45) is 0 Å². The van der Waals surface area contributed by atoms with Crippen molar-refractivity contribution in [2.45, 2.75) is 12.5 Å². The van der Waals surface area contributed by atoms with Gasteiger partial charge in [0.25, 0.3) is 5.91 Å². The Kier molecular flexibility index (Phi) is 2.62. The Morgan fingerprint density at radius 1 is 0.958 bits per heavy atom. The molecule has 5 rings (SSSR count). The summed E-state index contributed by atoms with van der Waals surface area (Å²) in [5.74, 6) is -0.182. The molecule has 1 unspecified atom stereocenters. The topological polar surface area (TPSA) is 56.4 Å². The Labute approximate surface area is 138 Å². The summed E-state index contributed by atoms with van der Waals surface area (Å²) in [5.41, 5.74) is 3.66. The highest BCUT2D eigenvalue weighted by Crippen LogP contribution is 2.40. The molecule has 3 aromatic rings. The molecule has 2 aliphatic heterocycles. The second-order valence-corrected chi connectivity index (χ2v) is 6.20. The highest BCUT2D eigenvalue weighted by atomic mass is 16.2. The molecule has 0 spiro atoms. The molecular weight excluding hydrogens is 302 g/mol. The number of aromatic nitrogens is 1. The number of nitrogens with zero attached hydrogens (tertiary/aromatic N) is 2. The van der Waals surface area contributed by atoms with Gasteiger partial charge in [-0.05, 0) is 30.2 Å². The third kappa shape index (κ3) is 1.64. The van der Waals surface area contributed by atoms with E-state index < -0.39 is 6.04 Å². The number of fused-ring (bicyclic) bond motifs is 5. The first-order valence-corrected chi connectivity index (χ1v) is 8.05. The van der Waals surface area contributed by atoms with Crippen LogP contribution in [-0.2, 0) is 11.2 Å². The summed E-state index contributed by atoms with van der Waals surface area (Å²) in [4.78, 5) is 32.2. The fourth-order valence-electron chi connectivity index (χ4n) is 3.86. The Morgan fingerprint density at radius 3 is 2.54 bits per heavy atom. The first-order valence-electron chi connectivity index (χ1n) is 8.05. The van der Waals surface area contributed by atoms with E-state index in [1.807, 2.05) is 36.4 Å². The fourth-order valence-corrected chi connectivity index (χ4v) is 3.86. The minimum absolute atomic E-state index is 0.182. The lowest BCUT2D eigenvalue weighted by atomic mass is 9.98. The number of imide groups is 1. The van der Waals surface area contributed by atoms with E-state index in [2.05, 4.69) is 11.1 Å². The van der Waals surface area contributed by atoms with Gasteiger partial charge in [0.2, 0.25) is 0 Å². The van der Waals surface area contributed by atoms with E-state index >= 15 is 0 Å². The average molecular weight is 317 g/mol. The number of carbonyl (C=O) groups excluding carboxylic acids is 2. The van der Waals surface area contributed by atoms with Crippen LogP contribution in [0.15, 0.2) is 54.6 Å². The summed E-state index contributed by atoms with van der Waals surface area (Å²) in [6, 6.07) is 16.4. The van der Waals surface area contributed by atoms with E-state index in [1.54, 1.807) is 17.0 Å². The van der Waals surface area contributed by atoms with Gasteiger partial charge in [0.05, 0.1) is 11.4 Å². The fraction of sp³-hybridized carbons (Fsp3) is 0.158. The minimum atomic E-state index is -0.547. The van der Waals surface area contributed by atoms with Crippen LogP contribution in [0.5, 0.6) is 0 Å². The van der Waals surface area contributed by atoms with E-state index in [1.165, 1.54) is 4.90 Å². The van der Waals surface area contributed by atoms with Gasteiger partial charge in [-0.1, -0.05) is 36.4 Å². The first-order chi connectivity index (χ1) is 11.8. The summed E-state index contributed by atoms with van der Waals surface area (Å²) < 4.78 is 0. The molecule has 24 heavy (non-hydrogen) atoms. The standard InChI is InChI=1S/C19H15N3O2/c23-18-17-16-14(13-8-4-5-9-15(13)20-16)10-11-21(17)19(24)22(18)12-6-2-1-3-7-12/h1-9,17,20H,10-11H2. The van der Waals surface area contributed by atoms with Crippen LogP contribution in [0, 0.1) is 0 Å². The molecule has 1 atom stereocenters. The molecule has 2 aliphatic rings. The van der Waals surface area contributed by atoms with Gasteiger partial charge in [0, 0.05) is 17.4 Å². The van der Waals surface area contributed by atoms with Crippen molar-refractivity contribution in [1.29, 1.82) is 0 Å². The lowest BCUT2D eigenvalue weighted by Gasteiger charge is -2.26. The average Bonchev–Trinajstić information content (AvgIpc) is 3.11. The number of hydrogen-bond donors (Lipinski definition) is 1. The largest absolute Gasteiger partial charge is 0.356 e. The number of urea groups is 1. The van der Waals surface area contributed by atoms with Gasteiger partial charge in [0.1, 0.15) is 0 Å². The van der Waals surface area contributed by atoms with Gasteiger partial charge in [-0.2, -0.15) is 0 Å². The number of anilines is 1. The SMILES string of the molecule is O=C1C2c3[nH]c4ccccc4c3CCN2C(=O)N1c1ccccc1. The summed E-state index contributed by atoms with van der Waals surface area (Å²) >= 11 is 0. The molecule has 5 nitrogen and oxygen atoms in total. The summed E-state index contributed by atoms with van der Waals surface area (Å²) in [6.07, 6.45) is 0.761. The van der Waals surface area contributed by atoms with E-state index in [0.717, 1.165) is 28.6 Å². The number of nitrogens with one attached hydrogen (secondary N) is 1. The normalized spacial score (nSPS) is 19.8. The van der Waals surface area contributed by atoms with Crippen molar-refractivity contribution in [3.8, 4) is 0 Å². The maximum atomic E-state index is 13.0. The third-order valence-corrected chi connectivity index (χ3v) is 4.94. The molecule has 1 aromatic heterocycles. The molecule has 1 fully saturated rings. The predicted molar refractivity (Wildman–Crippen MR) is 90.8 cm³/mol. The Bertz CT molecular complexity index is 977. The number of H-pyrrole nitrogens is 1. The molecule has 3 heterocycles. The maximum Gasteiger partial charge on any atom is 0.332 e. The van der Waals surface area contributed by atoms with Crippen LogP contribution < -0.4 is 4.90 Å². The van der Waals surface area contributed by atoms with Crippen LogP contribution in [0.4, 0.5) is 10.5 Å². The lowest BCUT2D eigenvalue weighted by molar-refractivity contribution is -0.120. The van der Waals surface area contributed by atoms with Crippen LogP contribution in [0.3, 0.4) is 0 Å². The predicted octanol–water partition coefficient (Wildman–Crippen LogP) is 3.23. The van der Waals surface area contributed by atoms with Crippen molar-refractivity contribution in [1.82, 2.24) is 9.88 Å². The molecule has 5 heteroatoms. The van der Waals surface area contributed by atoms with Gasteiger partial charge in [-0.15, -0.1) is 0 Å². The van der Waals surface area contributed by atoms with E-state index in [-0.39, 0.29) is 11.9 Å². The van der Waals surface area contributed by atoms with Crippen LogP contribution >= 0.6 is 0 Å². The van der Waals surface area contributed by atoms with Gasteiger partial charge in [0.15, 0.2) is 6.04 Å². The molecule has 1 N–H and O–H groups in total.